The first-order valence-electron chi connectivity index (χ1n) is 8.73. The predicted molar refractivity (Wildman–Crippen MR) is 96.8 cm³/mol. The number of ether oxygens (including phenoxy) is 3. The van der Waals surface area contributed by atoms with E-state index in [1.807, 2.05) is 36.4 Å². The van der Waals surface area contributed by atoms with Gasteiger partial charge >= 0.3 is 0 Å². The van der Waals surface area contributed by atoms with Gasteiger partial charge in [0.05, 0.1) is 32.5 Å². The van der Waals surface area contributed by atoms with E-state index in [1.54, 1.807) is 0 Å². The zero-order chi connectivity index (χ0) is 16.9. The van der Waals surface area contributed by atoms with Gasteiger partial charge in [0.15, 0.2) is 0 Å². The summed E-state index contributed by atoms with van der Waals surface area (Å²) in [4.78, 5) is 0. The Hall–Kier alpha value is -1.68. The van der Waals surface area contributed by atoms with E-state index in [-0.39, 0.29) is 6.10 Å². The quantitative estimate of drug-likeness (QED) is 0.533. The molecule has 0 spiro atoms. The Morgan fingerprint density at radius 3 is 1.79 bits per heavy atom. The highest BCUT2D eigenvalue weighted by molar-refractivity contribution is 5.14. The second-order valence-electron chi connectivity index (χ2n) is 5.77. The van der Waals surface area contributed by atoms with E-state index < -0.39 is 0 Å². The third-order valence-corrected chi connectivity index (χ3v) is 3.84. The van der Waals surface area contributed by atoms with Crippen LogP contribution < -0.4 is 0 Å². The molecule has 0 amide bonds. The van der Waals surface area contributed by atoms with Gasteiger partial charge in [-0.25, -0.2) is 0 Å². The zero-order valence-corrected chi connectivity index (χ0v) is 14.5. The largest absolute Gasteiger partial charge is 0.377 e. The zero-order valence-electron chi connectivity index (χ0n) is 14.5. The molecule has 2 rings (SSSR count). The molecule has 2 aromatic rings. The molecule has 0 aromatic heterocycles. The van der Waals surface area contributed by atoms with E-state index >= 15 is 0 Å². The third kappa shape index (κ3) is 7.73. The van der Waals surface area contributed by atoms with Gasteiger partial charge in [-0.2, -0.15) is 0 Å². The lowest BCUT2D eigenvalue weighted by Gasteiger charge is -2.16. The van der Waals surface area contributed by atoms with Gasteiger partial charge in [0, 0.05) is 6.61 Å². The van der Waals surface area contributed by atoms with E-state index in [2.05, 4.69) is 31.2 Å². The molecule has 0 unspecified atom stereocenters. The normalized spacial score (nSPS) is 12.2. The van der Waals surface area contributed by atoms with Crippen molar-refractivity contribution in [1.82, 2.24) is 0 Å². The topological polar surface area (TPSA) is 27.7 Å². The Bertz CT molecular complexity index is 527. The highest BCUT2D eigenvalue weighted by atomic mass is 16.5. The highest BCUT2D eigenvalue weighted by Crippen LogP contribution is 2.07. The Morgan fingerprint density at radius 2 is 1.25 bits per heavy atom. The van der Waals surface area contributed by atoms with Gasteiger partial charge in [0.25, 0.3) is 0 Å². The summed E-state index contributed by atoms with van der Waals surface area (Å²) in [5, 5.41) is 0. The van der Waals surface area contributed by atoms with E-state index in [9.17, 15) is 0 Å². The van der Waals surface area contributed by atoms with E-state index in [0.29, 0.717) is 26.4 Å². The number of hydrogen-bond donors (Lipinski definition) is 0. The van der Waals surface area contributed by atoms with Crippen molar-refractivity contribution < 1.29 is 14.2 Å². The van der Waals surface area contributed by atoms with Crippen molar-refractivity contribution in [3.05, 3.63) is 71.8 Å². The van der Waals surface area contributed by atoms with Crippen molar-refractivity contribution in [1.29, 1.82) is 0 Å². The van der Waals surface area contributed by atoms with Crippen LogP contribution >= 0.6 is 0 Å². The van der Waals surface area contributed by atoms with Crippen molar-refractivity contribution in [3.8, 4) is 0 Å². The molecule has 0 heterocycles. The van der Waals surface area contributed by atoms with Gasteiger partial charge < -0.3 is 14.2 Å². The summed E-state index contributed by atoms with van der Waals surface area (Å²) in [6.07, 6.45) is 2.15. The second-order valence-corrected chi connectivity index (χ2v) is 5.77. The number of benzene rings is 2. The summed E-state index contributed by atoms with van der Waals surface area (Å²) in [5.74, 6) is 0. The van der Waals surface area contributed by atoms with Gasteiger partial charge in [0.2, 0.25) is 0 Å². The Labute approximate surface area is 145 Å². The molecule has 3 nitrogen and oxygen atoms in total. The van der Waals surface area contributed by atoms with E-state index in [1.165, 1.54) is 11.1 Å². The molecule has 1 atom stereocenters. The lowest BCUT2D eigenvalue weighted by Crippen LogP contribution is -2.17. The van der Waals surface area contributed by atoms with Crippen molar-refractivity contribution in [2.24, 2.45) is 0 Å². The van der Waals surface area contributed by atoms with Crippen LogP contribution in [0.25, 0.3) is 0 Å². The van der Waals surface area contributed by atoms with Crippen LogP contribution in [0.5, 0.6) is 0 Å². The maximum atomic E-state index is 5.88. The smallest absolute Gasteiger partial charge is 0.0718 e. The molecule has 0 aliphatic carbocycles. The van der Waals surface area contributed by atoms with Gasteiger partial charge in [-0.1, -0.05) is 67.6 Å². The summed E-state index contributed by atoms with van der Waals surface area (Å²) >= 11 is 0. The fourth-order valence-electron chi connectivity index (χ4n) is 2.42. The van der Waals surface area contributed by atoms with Crippen molar-refractivity contribution in [2.45, 2.75) is 39.1 Å². The molecule has 0 aliphatic rings. The summed E-state index contributed by atoms with van der Waals surface area (Å²) in [6.45, 7) is 5.42. The average Bonchev–Trinajstić information content (AvgIpc) is 2.65. The fourth-order valence-corrected chi connectivity index (χ4v) is 2.42. The van der Waals surface area contributed by atoms with Crippen LogP contribution in [0.4, 0.5) is 0 Å². The summed E-state index contributed by atoms with van der Waals surface area (Å²) < 4.78 is 17.2. The minimum atomic E-state index is 0.237. The SMILES string of the molecule is CC[C@H](CCOCc1ccccc1)OCCOCc1ccccc1. The molecule has 130 valence electrons. The molecule has 0 radical (unpaired) electrons. The third-order valence-electron chi connectivity index (χ3n) is 3.84. The molecule has 0 saturated carbocycles. The van der Waals surface area contributed by atoms with Gasteiger partial charge in [-0.05, 0) is 24.0 Å². The molecule has 3 heteroatoms. The molecule has 0 fully saturated rings. The van der Waals surface area contributed by atoms with Crippen LogP contribution in [0.15, 0.2) is 60.7 Å². The van der Waals surface area contributed by atoms with Crippen LogP contribution in [0.3, 0.4) is 0 Å². The van der Waals surface area contributed by atoms with Crippen LogP contribution in [0.2, 0.25) is 0 Å². The van der Waals surface area contributed by atoms with Crippen molar-refractivity contribution in [3.63, 3.8) is 0 Å². The van der Waals surface area contributed by atoms with E-state index in [0.717, 1.165) is 19.4 Å². The lowest BCUT2D eigenvalue weighted by molar-refractivity contribution is -0.0174. The van der Waals surface area contributed by atoms with E-state index in [4.69, 9.17) is 14.2 Å². The first kappa shape index (κ1) is 18.7. The van der Waals surface area contributed by atoms with Crippen LogP contribution in [0, 0.1) is 0 Å². The molecular formula is C21H28O3. The Morgan fingerprint density at radius 1 is 0.708 bits per heavy atom. The average molecular weight is 328 g/mol. The lowest BCUT2D eigenvalue weighted by atomic mass is 10.2. The summed E-state index contributed by atoms with van der Waals surface area (Å²) in [7, 11) is 0. The second kappa shape index (κ2) is 11.8. The minimum absolute atomic E-state index is 0.237. The van der Waals surface area contributed by atoms with Crippen molar-refractivity contribution in [2.75, 3.05) is 19.8 Å². The first-order chi connectivity index (χ1) is 11.9. The highest BCUT2D eigenvalue weighted by Gasteiger charge is 2.06. The van der Waals surface area contributed by atoms with Gasteiger partial charge in [-0.3, -0.25) is 0 Å². The number of rotatable bonds is 12. The molecule has 0 bridgehead atoms. The maximum Gasteiger partial charge on any atom is 0.0718 e. The van der Waals surface area contributed by atoms with Crippen LogP contribution in [-0.2, 0) is 27.4 Å². The molecule has 24 heavy (non-hydrogen) atoms. The minimum Gasteiger partial charge on any atom is -0.377 e. The first-order valence-corrected chi connectivity index (χ1v) is 8.73. The fraction of sp³-hybridized carbons (Fsp3) is 0.429. The molecule has 0 saturated heterocycles. The standard InChI is InChI=1S/C21H28O3/c1-2-21(13-14-22-17-19-9-5-3-6-10-19)24-16-15-23-18-20-11-7-4-8-12-20/h3-12,21H,2,13-18H2,1H3/t21-/m1/s1. The monoisotopic (exact) mass is 328 g/mol. The molecule has 0 aliphatic heterocycles. The molecular weight excluding hydrogens is 300 g/mol. The van der Waals surface area contributed by atoms with Crippen molar-refractivity contribution >= 4 is 0 Å². The van der Waals surface area contributed by atoms with Crippen LogP contribution in [-0.4, -0.2) is 25.9 Å². The summed E-state index contributed by atoms with van der Waals surface area (Å²) in [5.41, 5.74) is 2.40. The van der Waals surface area contributed by atoms with Crippen LogP contribution in [0.1, 0.15) is 30.9 Å². The summed E-state index contributed by atoms with van der Waals surface area (Å²) in [6, 6.07) is 20.5. The van der Waals surface area contributed by atoms with Gasteiger partial charge in [0.1, 0.15) is 0 Å². The van der Waals surface area contributed by atoms with Gasteiger partial charge in [-0.15, -0.1) is 0 Å². The molecule has 0 N–H and O–H groups in total. The predicted octanol–water partition coefficient (Wildman–Crippen LogP) is 4.61. The molecule has 2 aromatic carbocycles. The number of hydrogen-bond acceptors (Lipinski definition) is 3. The Balaban J connectivity index is 1.50. The maximum absolute atomic E-state index is 5.88. The Kier molecular flexibility index (Phi) is 9.17.